The zero-order chi connectivity index (χ0) is 17.7. The number of ether oxygens (including phenoxy) is 5. The summed E-state index contributed by atoms with van der Waals surface area (Å²) in [7, 11) is 0. The molecule has 0 saturated carbocycles. The van der Waals surface area contributed by atoms with Crippen LogP contribution in [0.25, 0.3) is 0 Å². The van der Waals surface area contributed by atoms with E-state index in [-0.39, 0.29) is 37.2 Å². The molecule has 0 aromatic heterocycles. The molecule has 4 atom stereocenters. The fraction of sp³-hybridized carbons (Fsp3) is 0.944. The van der Waals surface area contributed by atoms with Gasteiger partial charge in [-0.25, -0.2) is 0 Å². The normalized spacial score (nSPS) is 29.9. The van der Waals surface area contributed by atoms with Gasteiger partial charge in [-0.2, -0.15) is 0 Å². The first kappa shape index (κ1) is 19.6. The van der Waals surface area contributed by atoms with E-state index in [4.69, 9.17) is 23.7 Å². The molecule has 0 N–H and O–H groups in total. The van der Waals surface area contributed by atoms with Crippen LogP contribution in [0.4, 0.5) is 0 Å². The lowest BCUT2D eigenvalue weighted by molar-refractivity contribution is -0.164. The zero-order valence-corrected chi connectivity index (χ0v) is 15.6. The average Bonchev–Trinajstić information content (AvgIpc) is 3.10. The second kappa shape index (κ2) is 8.61. The van der Waals surface area contributed by atoms with Gasteiger partial charge in [-0.3, -0.25) is 4.79 Å². The molecule has 2 aliphatic heterocycles. The molecule has 2 heterocycles. The molecule has 0 radical (unpaired) electrons. The SMILES string of the molecule is CCC(C)(C)C(=O)OC1COC2C(OCOCCC(C)C)COC12. The predicted molar refractivity (Wildman–Crippen MR) is 88.6 cm³/mol. The van der Waals surface area contributed by atoms with Crippen LogP contribution in [-0.4, -0.2) is 57.0 Å². The molecule has 0 spiro atoms. The van der Waals surface area contributed by atoms with Crippen LogP contribution in [-0.2, 0) is 28.5 Å². The van der Waals surface area contributed by atoms with Gasteiger partial charge in [-0.05, 0) is 32.6 Å². The number of hydrogen-bond donors (Lipinski definition) is 0. The van der Waals surface area contributed by atoms with E-state index in [2.05, 4.69) is 13.8 Å². The van der Waals surface area contributed by atoms with Gasteiger partial charge in [-0.1, -0.05) is 20.8 Å². The van der Waals surface area contributed by atoms with Gasteiger partial charge in [0.2, 0.25) is 0 Å². The van der Waals surface area contributed by atoms with Crippen LogP contribution in [0.5, 0.6) is 0 Å². The third-order valence-electron chi connectivity index (χ3n) is 4.86. The third kappa shape index (κ3) is 4.91. The Kier molecular flexibility index (Phi) is 7.04. The van der Waals surface area contributed by atoms with Gasteiger partial charge in [0, 0.05) is 6.61 Å². The fourth-order valence-corrected chi connectivity index (χ4v) is 2.63. The molecule has 140 valence electrons. The summed E-state index contributed by atoms with van der Waals surface area (Å²) in [6.07, 6.45) is 0.774. The summed E-state index contributed by atoms with van der Waals surface area (Å²) in [5.74, 6) is 0.411. The Morgan fingerprint density at radius 2 is 1.79 bits per heavy atom. The first-order valence-corrected chi connectivity index (χ1v) is 8.98. The molecule has 0 aromatic carbocycles. The van der Waals surface area contributed by atoms with Crippen LogP contribution in [0.2, 0.25) is 0 Å². The highest BCUT2D eigenvalue weighted by molar-refractivity contribution is 5.76. The van der Waals surface area contributed by atoms with Crippen molar-refractivity contribution < 1.29 is 28.5 Å². The van der Waals surface area contributed by atoms with Gasteiger partial charge in [0.1, 0.15) is 25.1 Å². The molecule has 2 rings (SSSR count). The van der Waals surface area contributed by atoms with Crippen molar-refractivity contribution in [1.82, 2.24) is 0 Å². The number of carbonyl (C=O) groups excluding carboxylic acids is 1. The number of carbonyl (C=O) groups is 1. The Bertz CT molecular complexity index is 408. The lowest BCUT2D eigenvalue weighted by atomic mass is 9.90. The smallest absolute Gasteiger partial charge is 0.311 e. The fourth-order valence-electron chi connectivity index (χ4n) is 2.63. The summed E-state index contributed by atoms with van der Waals surface area (Å²) in [6.45, 7) is 11.8. The van der Waals surface area contributed by atoms with E-state index < -0.39 is 5.41 Å². The topological polar surface area (TPSA) is 63.2 Å². The molecule has 0 aliphatic carbocycles. The summed E-state index contributed by atoms with van der Waals surface area (Å²) >= 11 is 0. The van der Waals surface area contributed by atoms with Crippen LogP contribution in [0.1, 0.15) is 47.5 Å². The maximum absolute atomic E-state index is 12.2. The Morgan fingerprint density at radius 3 is 2.42 bits per heavy atom. The molecule has 6 heteroatoms. The second-order valence-corrected chi connectivity index (χ2v) is 7.69. The van der Waals surface area contributed by atoms with Crippen LogP contribution >= 0.6 is 0 Å². The molecule has 24 heavy (non-hydrogen) atoms. The van der Waals surface area contributed by atoms with E-state index in [0.29, 0.717) is 25.7 Å². The van der Waals surface area contributed by atoms with E-state index in [9.17, 15) is 4.79 Å². The third-order valence-corrected chi connectivity index (χ3v) is 4.86. The largest absolute Gasteiger partial charge is 0.457 e. The maximum atomic E-state index is 12.2. The van der Waals surface area contributed by atoms with Crippen molar-refractivity contribution in [3.63, 3.8) is 0 Å². The van der Waals surface area contributed by atoms with Crippen molar-refractivity contribution >= 4 is 5.97 Å². The summed E-state index contributed by atoms with van der Waals surface area (Å²) in [4.78, 5) is 12.2. The average molecular weight is 344 g/mol. The standard InChI is InChI=1S/C18H32O6/c1-6-18(4,5)17(19)24-14-10-22-15-13(9-21-16(14)15)23-11-20-8-7-12(2)3/h12-16H,6-11H2,1-5H3. The molecule has 2 aliphatic rings. The van der Waals surface area contributed by atoms with E-state index in [1.807, 2.05) is 20.8 Å². The number of fused-ring (bicyclic) bond motifs is 1. The van der Waals surface area contributed by atoms with Crippen molar-refractivity contribution in [3.8, 4) is 0 Å². The molecule has 0 bridgehead atoms. The molecule has 0 aromatic rings. The van der Waals surface area contributed by atoms with Crippen molar-refractivity contribution in [2.45, 2.75) is 71.9 Å². The lowest BCUT2D eigenvalue weighted by Crippen LogP contribution is -2.38. The summed E-state index contributed by atoms with van der Waals surface area (Å²) < 4.78 is 28.4. The van der Waals surface area contributed by atoms with Crippen molar-refractivity contribution in [2.75, 3.05) is 26.6 Å². The van der Waals surface area contributed by atoms with Gasteiger partial charge < -0.3 is 23.7 Å². The highest BCUT2D eigenvalue weighted by Gasteiger charge is 2.50. The quantitative estimate of drug-likeness (QED) is 0.364. The molecule has 4 unspecified atom stereocenters. The first-order chi connectivity index (χ1) is 11.3. The van der Waals surface area contributed by atoms with Gasteiger partial charge in [0.15, 0.2) is 6.10 Å². The van der Waals surface area contributed by atoms with Crippen LogP contribution < -0.4 is 0 Å². The molecule has 6 nitrogen and oxygen atoms in total. The van der Waals surface area contributed by atoms with Crippen LogP contribution in [0.15, 0.2) is 0 Å². The molecule has 2 saturated heterocycles. The Balaban J connectivity index is 1.74. The molecular weight excluding hydrogens is 312 g/mol. The minimum Gasteiger partial charge on any atom is -0.457 e. The Hall–Kier alpha value is -0.690. The minimum atomic E-state index is -0.489. The van der Waals surface area contributed by atoms with Crippen molar-refractivity contribution in [1.29, 1.82) is 0 Å². The summed E-state index contributed by atoms with van der Waals surface area (Å²) in [5.41, 5.74) is -0.489. The van der Waals surface area contributed by atoms with Gasteiger partial charge >= 0.3 is 5.97 Å². The predicted octanol–water partition coefficient (Wildman–Crippen LogP) is 2.54. The number of esters is 1. The summed E-state index contributed by atoms with van der Waals surface area (Å²) in [5, 5.41) is 0. The van der Waals surface area contributed by atoms with Crippen molar-refractivity contribution in [2.24, 2.45) is 11.3 Å². The van der Waals surface area contributed by atoms with E-state index in [1.54, 1.807) is 0 Å². The highest BCUT2D eigenvalue weighted by atomic mass is 16.7. The van der Waals surface area contributed by atoms with E-state index >= 15 is 0 Å². The maximum Gasteiger partial charge on any atom is 0.311 e. The highest BCUT2D eigenvalue weighted by Crippen LogP contribution is 2.32. The van der Waals surface area contributed by atoms with E-state index in [0.717, 1.165) is 12.8 Å². The lowest BCUT2D eigenvalue weighted by Gasteiger charge is -2.24. The minimum absolute atomic E-state index is 0.170. The number of hydrogen-bond acceptors (Lipinski definition) is 6. The second-order valence-electron chi connectivity index (χ2n) is 7.69. The van der Waals surface area contributed by atoms with E-state index in [1.165, 1.54) is 0 Å². The van der Waals surface area contributed by atoms with Gasteiger partial charge in [-0.15, -0.1) is 0 Å². The van der Waals surface area contributed by atoms with Gasteiger partial charge in [0.05, 0.1) is 18.6 Å². The molecule has 0 amide bonds. The molecular formula is C18H32O6. The van der Waals surface area contributed by atoms with Gasteiger partial charge in [0.25, 0.3) is 0 Å². The zero-order valence-electron chi connectivity index (χ0n) is 15.6. The van der Waals surface area contributed by atoms with Crippen LogP contribution in [0.3, 0.4) is 0 Å². The van der Waals surface area contributed by atoms with Crippen molar-refractivity contribution in [3.05, 3.63) is 0 Å². The molecule has 2 fully saturated rings. The Labute approximate surface area is 145 Å². The number of rotatable bonds is 9. The first-order valence-electron chi connectivity index (χ1n) is 8.98. The monoisotopic (exact) mass is 344 g/mol. The Morgan fingerprint density at radius 1 is 1.17 bits per heavy atom. The summed E-state index contributed by atoms with van der Waals surface area (Å²) in [6, 6.07) is 0. The van der Waals surface area contributed by atoms with Crippen LogP contribution in [0, 0.1) is 11.3 Å².